The van der Waals surface area contributed by atoms with Crippen molar-refractivity contribution >= 4 is 5.52 Å². The lowest BCUT2D eigenvalue weighted by molar-refractivity contribution is -0.142. The fourth-order valence-electron chi connectivity index (χ4n) is 2.40. The van der Waals surface area contributed by atoms with Crippen LogP contribution in [0.3, 0.4) is 0 Å². The summed E-state index contributed by atoms with van der Waals surface area (Å²) in [5, 5.41) is 0. The molecule has 0 aliphatic heterocycles. The summed E-state index contributed by atoms with van der Waals surface area (Å²) in [4.78, 5) is 4.10. The van der Waals surface area contributed by atoms with E-state index in [9.17, 15) is 13.2 Å². The van der Waals surface area contributed by atoms with Crippen molar-refractivity contribution in [3.63, 3.8) is 0 Å². The minimum atomic E-state index is -4.41. The van der Waals surface area contributed by atoms with E-state index in [0.29, 0.717) is 24.2 Å². The first kappa shape index (κ1) is 11.5. The van der Waals surface area contributed by atoms with Gasteiger partial charge in [-0.1, -0.05) is 6.07 Å². The normalized spacial score (nSPS) is 18.9. The smallest absolute Gasteiger partial charge is 0.319 e. The molecular weight excluding hydrogens is 243 g/mol. The standard InChI is InChI=1S/C12H12F3N3/c13-12(14,15)9-4-1-3-8-7-17-10(18(8)9)11(16)5-2-6-11/h1,3-4,7H,2,5-6,16H2. The minimum absolute atomic E-state index is 0.316. The van der Waals surface area contributed by atoms with Crippen LogP contribution in [-0.2, 0) is 11.7 Å². The Bertz CT molecular complexity index is 596. The molecule has 0 bridgehead atoms. The molecule has 0 amide bonds. The lowest BCUT2D eigenvalue weighted by Crippen LogP contribution is -2.45. The zero-order chi connectivity index (χ0) is 13.0. The first-order valence-electron chi connectivity index (χ1n) is 5.75. The van der Waals surface area contributed by atoms with Gasteiger partial charge in [0.25, 0.3) is 0 Å². The second-order valence-corrected chi connectivity index (χ2v) is 4.76. The van der Waals surface area contributed by atoms with Gasteiger partial charge >= 0.3 is 6.18 Å². The molecule has 2 aromatic rings. The lowest BCUT2D eigenvalue weighted by atomic mass is 9.77. The van der Waals surface area contributed by atoms with Crippen LogP contribution in [0.5, 0.6) is 0 Å². The molecule has 1 saturated carbocycles. The summed E-state index contributed by atoms with van der Waals surface area (Å²) in [6.07, 6.45) is -0.678. The molecule has 1 aliphatic rings. The highest BCUT2D eigenvalue weighted by Gasteiger charge is 2.41. The molecule has 0 spiro atoms. The van der Waals surface area contributed by atoms with E-state index in [2.05, 4.69) is 4.98 Å². The lowest BCUT2D eigenvalue weighted by Gasteiger charge is -2.37. The van der Waals surface area contributed by atoms with Gasteiger partial charge in [-0.15, -0.1) is 0 Å². The zero-order valence-corrected chi connectivity index (χ0v) is 9.54. The van der Waals surface area contributed by atoms with Gasteiger partial charge in [0.15, 0.2) is 0 Å². The maximum absolute atomic E-state index is 13.0. The van der Waals surface area contributed by atoms with Crippen LogP contribution in [0.15, 0.2) is 24.4 Å². The van der Waals surface area contributed by atoms with Gasteiger partial charge in [-0.05, 0) is 31.4 Å². The quantitative estimate of drug-likeness (QED) is 0.851. The number of alkyl halides is 3. The van der Waals surface area contributed by atoms with Crippen LogP contribution in [0.1, 0.15) is 30.8 Å². The first-order chi connectivity index (χ1) is 8.42. The average molecular weight is 255 g/mol. The molecule has 0 aromatic carbocycles. The molecular formula is C12H12F3N3. The number of imidazole rings is 1. The molecule has 0 atom stereocenters. The van der Waals surface area contributed by atoms with E-state index < -0.39 is 17.4 Å². The van der Waals surface area contributed by atoms with Crippen molar-refractivity contribution in [1.82, 2.24) is 9.38 Å². The van der Waals surface area contributed by atoms with Crippen LogP contribution in [0.4, 0.5) is 13.2 Å². The third kappa shape index (κ3) is 1.52. The van der Waals surface area contributed by atoms with Gasteiger partial charge in [0.2, 0.25) is 0 Å². The Morgan fingerprint density at radius 1 is 1.28 bits per heavy atom. The van der Waals surface area contributed by atoms with Crippen molar-refractivity contribution in [1.29, 1.82) is 0 Å². The summed E-state index contributed by atoms with van der Waals surface area (Å²) < 4.78 is 40.1. The average Bonchev–Trinajstić information content (AvgIpc) is 2.68. The van der Waals surface area contributed by atoms with E-state index in [4.69, 9.17) is 5.73 Å². The van der Waals surface area contributed by atoms with Gasteiger partial charge < -0.3 is 5.73 Å². The number of hydrogen-bond acceptors (Lipinski definition) is 2. The summed E-state index contributed by atoms with van der Waals surface area (Å²) >= 11 is 0. The predicted octanol–water partition coefficient (Wildman–Crippen LogP) is 2.69. The summed E-state index contributed by atoms with van der Waals surface area (Å²) in [6.45, 7) is 0. The molecule has 6 heteroatoms. The molecule has 0 unspecified atom stereocenters. The van der Waals surface area contributed by atoms with E-state index >= 15 is 0 Å². The van der Waals surface area contributed by atoms with Crippen molar-refractivity contribution in [2.45, 2.75) is 31.0 Å². The second-order valence-electron chi connectivity index (χ2n) is 4.76. The SMILES string of the molecule is NC1(c2ncc3cccc(C(F)(F)F)n23)CCC1. The Labute approximate surface area is 101 Å². The molecule has 3 nitrogen and oxygen atoms in total. The number of pyridine rings is 1. The minimum Gasteiger partial charge on any atom is -0.319 e. The monoisotopic (exact) mass is 255 g/mol. The van der Waals surface area contributed by atoms with E-state index in [1.165, 1.54) is 12.3 Å². The van der Waals surface area contributed by atoms with E-state index in [1.54, 1.807) is 6.07 Å². The largest absolute Gasteiger partial charge is 0.431 e. The molecule has 18 heavy (non-hydrogen) atoms. The van der Waals surface area contributed by atoms with Gasteiger partial charge in [0.05, 0.1) is 17.3 Å². The van der Waals surface area contributed by atoms with Crippen LogP contribution >= 0.6 is 0 Å². The fraction of sp³-hybridized carbons (Fsp3) is 0.417. The van der Waals surface area contributed by atoms with Gasteiger partial charge in [0, 0.05) is 0 Å². The molecule has 2 heterocycles. The van der Waals surface area contributed by atoms with Crippen molar-refractivity contribution < 1.29 is 13.2 Å². The Kier molecular flexibility index (Phi) is 2.22. The summed E-state index contributed by atoms with van der Waals surface area (Å²) in [5.41, 5.74) is 5.09. The molecule has 2 aromatic heterocycles. The molecule has 2 N–H and O–H groups in total. The number of rotatable bonds is 1. The Hall–Kier alpha value is -1.56. The summed E-state index contributed by atoms with van der Waals surface area (Å²) in [7, 11) is 0. The van der Waals surface area contributed by atoms with Crippen molar-refractivity contribution in [2.75, 3.05) is 0 Å². The summed E-state index contributed by atoms with van der Waals surface area (Å²) in [6, 6.07) is 4.04. The third-order valence-corrected chi connectivity index (χ3v) is 3.53. The van der Waals surface area contributed by atoms with Crippen LogP contribution < -0.4 is 5.73 Å². The van der Waals surface area contributed by atoms with Crippen LogP contribution in [0, 0.1) is 0 Å². The van der Waals surface area contributed by atoms with Crippen LogP contribution in [-0.4, -0.2) is 9.38 Å². The maximum Gasteiger partial charge on any atom is 0.431 e. The number of hydrogen-bond donors (Lipinski definition) is 1. The highest BCUT2D eigenvalue weighted by molar-refractivity contribution is 5.49. The molecule has 0 radical (unpaired) electrons. The number of halogens is 3. The summed E-state index contributed by atoms with van der Waals surface area (Å²) in [5.74, 6) is 0.316. The number of nitrogens with two attached hydrogens (primary N) is 1. The highest BCUT2D eigenvalue weighted by Crippen LogP contribution is 2.40. The Balaban J connectivity index is 2.28. The third-order valence-electron chi connectivity index (χ3n) is 3.53. The highest BCUT2D eigenvalue weighted by atomic mass is 19.4. The van der Waals surface area contributed by atoms with Crippen molar-refractivity contribution in [3.05, 3.63) is 35.9 Å². The van der Waals surface area contributed by atoms with E-state index in [0.717, 1.165) is 16.9 Å². The van der Waals surface area contributed by atoms with Crippen molar-refractivity contribution in [2.24, 2.45) is 5.73 Å². The molecule has 0 saturated heterocycles. The van der Waals surface area contributed by atoms with Gasteiger partial charge in [0.1, 0.15) is 11.5 Å². The molecule has 3 rings (SSSR count). The van der Waals surface area contributed by atoms with Crippen molar-refractivity contribution in [3.8, 4) is 0 Å². The zero-order valence-electron chi connectivity index (χ0n) is 9.54. The fourth-order valence-corrected chi connectivity index (χ4v) is 2.40. The number of fused-ring (bicyclic) bond motifs is 1. The molecule has 1 aliphatic carbocycles. The number of nitrogens with zero attached hydrogens (tertiary/aromatic N) is 2. The van der Waals surface area contributed by atoms with Gasteiger partial charge in [-0.25, -0.2) is 4.98 Å². The second kappa shape index (κ2) is 3.47. The molecule has 1 fully saturated rings. The Morgan fingerprint density at radius 3 is 2.56 bits per heavy atom. The van der Waals surface area contributed by atoms with Gasteiger partial charge in [-0.2, -0.15) is 13.2 Å². The Morgan fingerprint density at radius 2 is 2.00 bits per heavy atom. The van der Waals surface area contributed by atoms with Crippen LogP contribution in [0.25, 0.3) is 5.52 Å². The first-order valence-corrected chi connectivity index (χ1v) is 5.75. The van der Waals surface area contributed by atoms with E-state index in [1.807, 2.05) is 0 Å². The molecule has 96 valence electrons. The number of aromatic nitrogens is 2. The maximum atomic E-state index is 13.0. The van der Waals surface area contributed by atoms with Crippen LogP contribution in [0.2, 0.25) is 0 Å². The topological polar surface area (TPSA) is 43.3 Å². The predicted molar refractivity (Wildman–Crippen MR) is 59.9 cm³/mol. The van der Waals surface area contributed by atoms with Gasteiger partial charge in [-0.3, -0.25) is 4.40 Å². The van der Waals surface area contributed by atoms with E-state index in [-0.39, 0.29) is 0 Å².